The number of hydrogen-bond acceptors (Lipinski definition) is 5. The van der Waals surface area contributed by atoms with Crippen molar-refractivity contribution in [1.82, 2.24) is 5.32 Å². The number of allylic oxidation sites excluding steroid dienone is 1. The number of amides is 2. The predicted octanol–water partition coefficient (Wildman–Crippen LogP) is 7.13. The molecule has 0 aliphatic heterocycles. The lowest BCUT2D eigenvalue weighted by Crippen LogP contribution is -2.30. The van der Waals surface area contributed by atoms with Gasteiger partial charge in [-0.3, -0.25) is 14.4 Å². The Morgan fingerprint density at radius 3 is 2.09 bits per heavy atom. The molecule has 0 fully saturated rings. The van der Waals surface area contributed by atoms with Crippen molar-refractivity contribution in [1.29, 1.82) is 0 Å². The van der Waals surface area contributed by atoms with Gasteiger partial charge in [0.05, 0.1) is 14.2 Å². The zero-order valence-corrected chi connectivity index (χ0v) is 24.6. The highest BCUT2D eigenvalue weighted by Crippen LogP contribution is 2.26. The van der Waals surface area contributed by atoms with E-state index >= 15 is 0 Å². The largest absolute Gasteiger partial charge is 0.497 e. The summed E-state index contributed by atoms with van der Waals surface area (Å²) in [5.74, 6) is 0.496. The van der Waals surface area contributed by atoms with Crippen LogP contribution in [0.4, 0.5) is 5.69 Å². The first-order valence-electron chi connectivity index (χ1n) is 13.8. The Kier molecular flexibility index (Phi) is 10.3. The molecule has 0 spiro atoms. The van der Waals surface area contributed by atoms with E-state index in [9.17, 15) is 14.4 Å². The summed E-state index contributed by atoms with van der Waals surface area (Å²) in [5, 5.41) is 5.57. The minimum atomic E-state index is -0.497. The summed E-state index contributed by atoms with van der Waals surface area (Å²) in [6.07, 6.45) is 4.77. The topological polar surface area (TPSA) is 93.7 Å². The van der Waals surface area contributed by atoms with Gasteiger partial charge in [-0.2, -0.15) is 0 Å². The van der Waals surface area contributed by atoms with Crippen molar-refractivity contribution in [3.05, 3.63) is 137 Å². The van der Waals surface area contributed by atoms with Gasteiger partial charge in [0.15, 0.2) is 5.78 Å². The zero-order chi connectivity index (χ0) is 30.8. The van der Waals surface area contributed by atoms with Crippen molar-refractivity contribution in [3.8, 4) is 11.5 Å². The third kappa shape index (κ3) is 8.30. The van der Waals surface area contributed by atoms with Gasteiger partial charge in [0.2, 0.25) is 0 Å². The number of benzene rings is 4. The lowest BCUT2D eigenvalue weighted by molar-refractivity contribution is -0.113. The van der Waals surface area contributed by atoms with Crippen LogP contribution in [-0.2, 0) is 4.79 Å². The molecule has 0 aliphatic carbocycles. The van der Waals surface area contributed by atoms with Crippen LogP contribution in [0.15, 0.2) is 109 Å². The van der Waals surface area contributed by atoms with Crippen LogP contribution in [0.1, 0.15) is 57.2 Å². The number of methoxy groups -OCH3 is 2. The maximum atomic E-state index is 13.4. The van der Waals surface area contributed by atoms with Crippen molar-refractivity contribution in [2.75, 3.05) is 19.5 Å². The molecule has 218 valence electrons. The predicted molar refractivity (Wildman–Crippen MR) is 170 cm³/mol. The molecule has 0 aromatic heterocycles. The molecule has 0 saturated carbocycles. The third-order valence-electron chi connectivity index (χ3n) is 6.73. The van der Waals surface area contributed by atoms with E-state index in [1.165, 1.54) is 11.6 Å². The van der Waals surface area contributed by atoms with E-state index in [-0.39, 0.29) is 11.5 Å². The summed E-state index contributed by atoms with van der Waals surface area (Å²) in [6.45, 7) is 4.22. The minimum absolute atomic E-state index is 0.0858. The van der Waals surface area contributed by atoms with E-state index < -0.39 is 11.8 Å². The molecule has 4 aromatic rings. The second kappa shape index (κ2) is 14.5. The maximum absolute atomic E-state index is 13.4. The molecule has 0 unspecified atom stereocenters. The van der Waals surface area contributed by atoms with E-state index in [1.54, 1.807) is 93.1 Å². The highest BCUT2D eigenvalue weighted by atomic mass is 16.5. The molecule has 43 heavy (non-hydrogen) atoms. The molecule has 0 radical (unpaired) electrons. The summed E-state index contributed by atoms with van der Waals surface area (Å²) in [7, 11) is 3.13. The smallest absolute Gasteiger partial charge is 0.272 e. The molecule has 4 rings (SSSR count). The van der Waals surface area contributed by atoms with Crippen molar-refractivity contribution < 1.29 is 23.9 Å². The number of rotatable bonds is 11. The molecule has 0 bridgehead atoms. The van der Waals surface area contributed by atoms with Crippen molar-refractivity contribution in [3.63, 3.8) is 0 Å². The van der Waals surface area contributed by atoms with Gasteiger partial charge in [-0.25, -0.2) is 0 Å². The van der Waals surface area contributed by atoms with Gasteiger partial charge in [-0.05, 0) is 83.8 Å². The van der Waals surface area contributed by atoms with Crippen LogP contribution >= 0.6 is 0 Å². The van der Waals surface area contributed by atoms with Gasteiger partial charge in [-0.1, -0.05) is 56.3 Å². The minimum Gasteiger partial charge on any atom is -0.497 e. The fraction of sp³-hybridized carbons (Fsp3) is 0.139. The number of carbonyl (C=O) groups excluding carboxylic acids is 3. The Hall–Kier alpha value is -5.43. The number of ketones is 1. The Morgan fingerprint density at radius 1 is 0.767 bits per heavy atom. The number of hydrogen-bond donors (Lipinski definition) is 2. The Morgan fingerprint density at radius 2 is 1.47 bits per heavy atom. The summed E-state index contributed by atoms with van der Waals surface area (Å²) in [4.78, 5) is 39.1. The molecule has 2 amide bonds. The fourth-order valence-corrected chi connectivity index (χ4v) is 4.22. The van der Waals surface area contributed by atoms with E-state index in [0.29, 0.717) is 34.2 Å². The lowest BCUT2D eigenvalue weighted by atomic mass is 10.0. The lowest BCUT2D eigenvalue weighted by Gasteiger charge is -2.12. The number of anilines is 1. The van der Waals surface area contributed by atoms with Crippen LogP contribution in [0, 0.1) is 0 Å². The van der Waals surface area contributed by atoms with Gasteiger partial charge in [-0.15, -0.1) is 0 Å². The summed E-state index contributed by atoms with van der Waals surface area (Å²) >= 11 is 0. The first-order valence-corrected chi connectivity index (χ1v) is 13.8. The fourth-order valence-electron chi connectivity index (χ4n) is 4.22. The second-order valence-corrected chi connectivity index (χ2v) is 10.0. The summed E-state index contributed by atoms with van der Waals surface area (Å²) in [6, 6.07) is 28.4. The molecule has 0 saturated heterocycles. The van der Waals surface area contributed by atoms with Gasteiger partial charge < -0.3 is 20.1 Å². The van der Waals surface area contributed by atoms with E-state index in [1.807, 2.05) is 30.3 Å². The molecule has 7 heteroatoms. The van der Waals surface area contributed by atoms with E-state index in [2.05, 4.69) is 24.5 Å². The van der Waals surface area contributed by atoms with Gasteiger partial charge in [0, 0.05) is 28.4 Å². The van der Waals surface area contributed by atoms with Crippen LogP contribution in [0.3, 0.4) is 0 Å². The van der Waals surface area contributed by atoms with Crippen LogP contribution in [0.25, 0.3) is 12.2 Å². The monoisotopic (exact) mass is 574 g/mol. The summed E-state index contributed by atoms with van der Waals surface area (Å²) in [5.41, 5.74) is 4.10. The highest BCUT2D eigenvalue weighted by Gasteiger charge is 2.16. The van der Waals surface area contributed by atoms with Crippen LogP contribution in [-0.4, -0.2) is 31.8 Å². The molecule has 7 nitrogen and oxygen atoms in total. The Balaban J connectivity index is 1.50. The number of ether oxygens (including phenoxy) is 2. The quantitative estimate of drug-likeness (QED) is 0.147. The molecule has 0 aliphatic rings. The zero-order valence-electron chi connectivity index (χ0n) is 24.6. The molecular weight excluding hydrogens is 540 g/mol. The van der Waals surface area contributed by atoms with E-state index in [4.69, 9.17) is 9.47 Å². The number of nitrogens with one attached hydrogen (secondary N) is 2. The van der Waals surface area contributed by atoms with Gasteiger partial charge in [0.1, 0.15) is 17.2 Å². The molecule has 0 atom stereocenters. The third-order valence-corrected chi connectivity index (χ3v) is 6.73. The first-order chi connectivity index (χ1) is 20.8. The van der Waals surface area contributed by atoms with Crippen LogP contribution < -0.4 is 20.1 Å². The maximum Gasteiger partial charge on any atom is 0.272 e. The Bertz CT molecular complexity index is 1640. The van der Waals surface area contributed by atoms with E-state index in [0.717, 1.165) is 11.1 Å². The second-order valence-electron chi connectivity index (χ2n) is 10.0. The average Bonchev–Trinajstić information content (AvgIpc) is 3.04. The summed E-state index contributed by atoms with van der Waals surface area (Å²) < 4.78 is 10.6. The number of carbonyl (C=O) groups is 3. The Labute approximate surface area is 251 Å². The van der Waals surface area contributed by atoms with Gasteiger partial charge >= 0.3 is 0 Å². The molecule has 4 aromatic carbocycles. The highest BCUT2D eigenvalue weighted by molar-refractivity contribution is 6.11. The average molecular weight is 575 g/mol. The van der Waals surface area contributed by atoms with Crippen molar-refractivity contribution >= 4 is 35.4 Å². The van der Waals surface area contributed by atoms with Crippen LogP contribution in [0.5, 0.6) is 11.5 Å². The first kappa shape index (κ1) is 30.5. The normalized spacial score (nSPS) is 11.3. The van der Waals surface area contributed by atoms with Crippen molar-refractivity contribution in [2.24, 2.45) is 0 Å². The molecular formula is C36H34N2O5. The molecule has 2 N–H and O–H groups in total. The molecule has 0 heterocycles. The van der Waals surface area contributed by atoms with Crippen LogP contribution in [0.2, 0.25) is 0 Å². The van der Waals surface area contributed by atoms with Gasteiger partial charge in [0.25, 0.3) is 11.8 Å². The standard InChI is InChI=1S/C36H34N2O5/c1-24(2)26-12-10-25(11-13-26)22-32(38-35(40)29-8-6-5-7-9-29)36(41)37-30-18-14-27(15-19-30)33(39)21-17-28-16-20-31(42-3)23-34(28)43-4/h5-24H,1-4H3,(H,37,41)(H,38,40)/b21-17+,32-22-. The van der Waals surface area contributed by atoms with Crippen molar-refractivity contribution in [2.45, 2.75) is 19.8 Å². The SMILES string of the molecule is COc1ccc(/C=C/C(=O)c2ccc(NC(=O)/C(=C/c3ccc(C(C)C)cc3)NC(=O)c3ccccc3)cc2)c(OC)c1.